The maximum Gasteiger partial charge on any atom is 0.119 e. The molecule has 0 bridgehead atoms. The lowest BCUT2D eigenvalue weighted by molar-refractivity contribution is 0.0322. The zero-order valence-electron chi connectivity index (χ0n) is 20.2. The number of ether oxygens (including phenoxy) is 2. The van der Waals surface area contributed by atoms with Crippen LogP contribution in [0, 0.1) is 5.92 Å². The minimum absolute atomic E-state index is 0.713. The van der Waals surface area contributed by atoms with E-state index in [-0.39, 0.29) is 0 Å². The molecule has 1 saturated carbocycles. The number of aromatic nitrogens is 2. The lowest BCUT2D eigenvalue weighted by Crippen LogP contribution is -2.38. The van der Waals surface area contributed by atoms with Gasteiger partial charge in [0.2, 0.25) is 0 Å². The Morgan fingerprint density at radius 2 is 1.85 bits per heavy atom. The highest BCUT2D eigenvalue weighted by molar-refractivity contribution is 5.79. The lowest BCUT2D eigenvalue weighted by Gasteiger charge is -2.26. The van der Waals surface area contributed by atoms with Crippen LogP contribution in [0.2, 0.25) is 0 Å². The van der Waals surface area contributed by atoms with Crippen molar-refractivity contribution in [3.63, 3.8) is 0 Å². The van der Waals surface area contributed by atoms with Crippen molar-refractivity contribution in [2.75, 3.05) is 44.8 Å². The quantitative estimate of drug-likeness (QED) is 0.422. The summed E-state index contributed by atoms with van der Waals surface area (Å²) in [6.07, 6.45) is 9.35. The number of hydrogen-bond acceptors (Lipinski definition) is 5. The van der Waals surface area contributed by atoms with Crippen molar-refractivity contribution < 1.29 is 9.47 Å². The molecule has 5 rings (SSSR count). The van der Waals surface area contributed by atoms with Crippen LogP contribution in [0.3, 0.4) is 0 Å². The van der Waals surface area contributed by atoms with E-state index >= 15 is 0 Å². The van der Waals surface area contributed by atoms with Gasteiger partial charge in [-0.2, -0.15) is 0 Å². The Labute approximate surface area is 203 Å². The molecule has 2 fully saturated rings. The van der Waals surface area contributed by atoms with Gasteiger partial charge in [0.25, 0.3) is 0 Å². The third kappa shape index (κ3) is 6.51. The number of nitrogens with one attached hydrogen (secondary N) is 2. The first-order valence-electron chi connectivity index (χ1n) is 13.1. The molecule has 0 atom stereocenters. The van der Waals surface area contributed by atoms with Crippen LogP contribution in [0.4, 0.5) is 5.69 Å². The first kappa shape index (κ1) is 23.2. The van der Waals surface area contributed by atoms with Crippen LogP contribution in [-0.4, -0.2) is 54.3 Å². The topological polar surface area (TPSA) is 62.4 Å². The van der Waals surface area contributed by atoms with Crippen LogP contribution in [0.1, 0.15) is 49.9 Å². The standard InChI is InChI=1S/C28H38N4O2/c1-2-4-22(5-3-1)8-13-28-30-26-12-9-24(20-27(26)31-28)29-21-23-6-10-25(11-7-23)34-19-16-32-14-17-33-18-15-32/h6-7,9-12,20,22,29H,1-5,8,13-19,21H2,(H,30,31). The fraction of sp³-hybridized carbons (Fsp3) is 0.536. The summed E-state index contributed by atoms with van der Waals surface area (Å²) in [6, 6.07) is 14.8. The van der Waals surface area contributed by atoms with Gasteiger partial charge in [-0.1, -0.05) is 44.2 Å². The number of anilines is 1. The maximum absolute atomic E-state index is 5.92. The first-order chi connectivity index (χ1) is 16.8. The fourth-order valence-electron chi connectivity index (χ4n) is 5.13. The van der Waals surface area contributed by atoms with Crippen molar-refractivity contribution in [1.82, 2.24) is 14.9 Å². The molecule has 0 unspecified atom stereocenters. The molecule has 0 spiro atoms. The third-order valence-corrected chi connectivity index (χ3v) is 7.24. The largest absolute Gasteiger partial charge is 0.492 e. The highest BCUT2D eigenvalue weighted by Gasteiger charge is 2.14. The number of H-pyrrole nitrogens is 1. The maximum atomic E-state index is 5.92. The molecule has 2 aliphatic rings. The van der Waals surface area contributed by atoms with Crippen LogP contribution in [-0.2, 0) is 17.7 Å². The molecule has 6 nitrogen and oxygen atoms in total. The van der Waals surface area contributed by atoms with E-state index in [1.807, 2.05) is 0 Å². The molecule has 6 heteroatoms. The van der Waals surface area contributed by atoms with Gasteiger partial charge >= 0.3 is 0 Å². The summed E-state index contributed by atoms with van der Waals surface area (Å²) in [7, 11) is 0. The Morgan fingerprint density at radius 1 is 1.03 bits per heavy atom. The molecule has 1 saturated heterocycles. The summed E-state index contributed by atoms with van der Waals surface area (Å²) >= 11 is 0. The Bertz CT molecular complexity index is 1020. The molecule has 1 aromatic heterocycles. The number of imidazole rings is 1. The number of hydrogen-bond donors (Lipinski definition) is 2. The third-order valence-electron chi connectivity index (χ3n) is 7.24. The highest BCUT2D eigenvalue weighted by atomic mass is 16.5. The number of rotatable bonds is 10. The van der Waals surface area contributed by atoms with E-state index in [1.165, 1.54) is 44.1 Å². The van der Waals surface area contributed by atoms with Crippen molar-refractivity contribution in [3.8, 4) is 5.75 Å². The summed E-state index contributed by atoms with van der Waals surface area (Å²) < 4.78 is 11.3. The van der Waals surface area contributed by atoms with Crippen LogP contribution in [0.5, 0.6) is 5.75 Å². The van der Waals surface area contributed by atoms with E-state index < -0.39 is 0 Å². The van der Waals surface area contributed by atoms with Gasteiger partial charge in [0.15, 0.2) is 0 Å². The number of nitrogens with zero attached hydrogens (tertiary/aromatic N) is 2. The van der Waals surface area contributed by atoms with E-state index in [9.17, 15) is 0 Å². The number of benzene rings is 2. The van der Waals surface area contributed by atoms with E-state index in [2.05, 4.69) is 57.7 Å². The van der Waals surface area contributed by atoms with E-state index in [1.54, 1.807) is 0 Å². The summed E-state index contributed by atoms with van der Waals surface area (Å²) in [5, 5.41) is 3.54. The average molecular weight is 463 g/mol. The monoisotopic (exact) mass is 462 g/mol. The number of aryl methyl sites for hydroxylation is 1. The molecule has 3 aromatic rings. The number of morpholine rings is 1. The van der Waals surface area contributed by atoms with Gasteiger partial charge in [-0.3, -0.25) is 4.90 Å². The smallest absolute Gasteiger partial charge is 0.119 e. The lowest BCUT2D eigenvalue weighted by atomic mass is 9.86. The number of aromatic amines is 1. The van der Waals surface area contributed by atoms with E-state index in [0.717, 1.165) is 80.0 Å². The first-order valence-corrected chi connectivity index (χ1v) is 13.1. The van der Waals surface area contributed by atoms with Crippen LogP contribution in [0.15, 0.2) is 42.5 Å². The van der Waals surface area contributed by atoms with Gasteiger partial charge in [0.05, 0.1) is 24.2 Å². The molecule has 1 aliphatic heterocycles. The van der Waals surface area contributed by atoms with E-state index in [0.29, 0.717) is 6.61 Å². The van der Waals surface area contributed by atoms with Crippen molar-refractivity contribution in [2.24, 2.45) is 5.92 Å². The molecular formula is C28H38N4O2. The molecule has 182 valence electrons. The second-order valence-corrected chi connectivity index (χ2v) is 9.76. The van der Waals surface area contributed by atoms with Crippen molar-refractivity contribution in [3.05, 3.63) is 53.9 Å². The second-order valence-electron chi connectivity index (χ2n) is 9.76. The molecule has 2 N–H and O–H groups in total. The van der Waals surface area contributed by atoms with Crippen molar-refractivity contribution in [1.29, 1.82) is 0 Å². The van der Waals surface area contributed by atoms with Gasteiger partial charge < -0.3 is 19.8 Å². The van der Waals surface area contributed by atoms with Gasteiger partial charge in [0, 0.05) is 38.3 Å². The molecule has 34 heavy (non-hydrogen) atoms. The zero-order valence-corrected chi connectivity index (χ0v) is 20.2. The van der Waals surface area contributed by atoms with Crippen LogP contribution < -0.4 is 10.1 Å². The zero-order chi connectivity index (χ0) is 23.0. The Hall–Kier alpha value is -2.57. The molecule has 2 heterocycles. The highest BCUT2D eigenvalue weighted by Crippen LogP contribution is 2.27. The van der Waals surface area contributed by atoms with Crippen molar-refractivity contribution >= 4 is 16.7 Å². The minimum atomic E-state index is 0.713. The molecule has 1 aliphatic carbocycles. The minimum Gasteiger partial charge on any atom is -0.492 e. The molecule has 2 aromatic carbocycles. The Balaban J connectivity index is 1.08. The average Bonchev–Trinajstić information content (AvgIpc) is 3.30. The van der Waals surface area contributed by atoms with Gasteiger partial charge in [0.1, 0.15) is 18.2 Å². The van der Waals surface area contributed by atoms with Gasteiger partial charge in [-0.15, -0.1) is 0 Å². The fourth-order valence-corrected chi connectivity index (χ4v) is 5.13. The normalized spacial score (nSPS) is 17.8. The predicted octanol–water partition coefficient (Wildman–Crippen LogP) is 5.40. The van der Waals surface area contributed by atoms with Gasteiger partial charge in [-0.25, -0.2) is 4.98 Å². The summed E-state index contributed by atoms with van der Waals surface area (Å²) in [4.78, 5) is 10.7. The predicted molar refractivity (Wildman–Crippen MR) is 138 cm³/mol. The summed E-state index contributed by atoms with van der Waals surface area (Å²) in [6.45, 7) is 6.10. The second kappa shape index (κ2) is 11.7. The Kier molecular flexibility index (Phi) is 7.99. The van der Waals surface area contributed by atoms with Crippen LogP contribution in [0.25, 0.3) is 11.0 Å². The van der Waals surface area contributed by atoms with Crippen molar-refractivity contribution in [2.45, 2.75) is 51.5 Å². The molecule has 0 amide bonds. The van der Waals surface area contributed by atoms with Crippen LogP contribution >= 0.6 is 0 Å². The molecule has 0 radical (unpaired) electrons. The molecular weight excluding hydrogens is 424 g/mol. The van der Waals surface area contributed by atoms with Gasteiger partial charge in [-0.05, 0) is 48.2 Å². The summed E-state index contributed by atoms with van der Waals surface area (Å²) in [5.41, 5.74) is 4.52. The number of fused-ring (bicyclic) bond motifs is 1. The summed E-state index contributed by atoms with van der Waals surface area (Å²) in [5.74, 6) is 2.94. The Morgan fingerprint density at radius 3 is 2.68 bits per heavy atom. The SMILES string of the molecule is c1cc(OCCN2CCOCC2)ccc1CNc1ccc2nc(CCC3CCCCC3)[nH]c2c1. The van der Waals surface area contributed by atoms with E-state index in [4.69, 9.17) is 14.5 Å².